The first-order valence-corrected chi connectivity index (χ1v) is 14.3. The van der Waals surface area contributed by atoms with Gasteiger partial charge in [0, 0.05) is 37.5 Å². The van der Waals surface area contributed by atoms with Crippen molar-refractivity contribution in [3.05, 3.63) is 59.4 Å². The summed E-state index contributed by atoms with van der Waals surface area (Å²) in [5.74, 6) is -0.330. The van der Waals surface area contributed by atoms with Crippen LogP contribution in [0.5, 0.6) is 5.88 Å². The lowest BCUT2D eigenvalue weighted by Crippen LogP contribution is -2.41. The Labute approximate surface area is 248 Å². The van der Waals surface area contributed by atoms with Crippen molar-refractivity contribution < 1.29 is 27.4 Å². The second-order valence-electron chi connectivity index (χ2n) is 11.1. The highest BCUT2D eigenvalue weighted by atomic mass is 19.4. The van der Waals surface area contributed by atoms with Gasteiger partial charge >= 0.3 is 12.1 Å². The van der Waals surface area contributed by atoms with Crippen molar-refractivity contribution in [2.24, 2.45) is 5.41 Å². The number of nitrogen functional groups attached to an aromatic ring is 1. The largest absolute Gasteiger partial charge is 0.465 e. The van der Waals surface area contributed by atoms with E-state index in [2.05, 4.69) is 20.4 Å². The Bertz CT molecular complexity index is 1480. The van der Waals surface area contributed by atoms with Gasteiger partial charge in [-0.2, -0.15) is 28.2 Å². The molecule has 0 unspecified atom stereocenters. The first kappa shape index (κ1) is 30.3. The smallest absolute Gasteiger partial charge is 0.429 e. The van der Waals surface area contributed by atoms with Crippen LogP contribution in [0.3, 0.4) is 0 Å². The van der Waals surface area contributed by atoms with E-state index >= 15 is 0 Å². The number of nitrogens with zero attached hydrogens (tertiary/aromatic N) is 5. The summed E-state index contributed by atoms with van der Waals surface area (Å²) in [6, 6.07) is 7.54. The van der Waals surface area contributed by atoms with E-state index in [-0.39, 0.29) is 40.5 Å². The van der Waals surface area contributed by atoms with E-state index in [0.29, 0.717) is 49.7 Å². The van der Waals surface area contributed by atoms with Crippen LogP contribution in [0.1, 0.15) is 56.0 Å². The van der Waals surface area contributed by atoms with E-state index in [4.69, 9.17) is 15.2 Å². The zero-order chi connectivity index (χ0) is 30.8. The first-order valence-electron chi connectivity index (χ1n) is 14.3. The number of nitrogens with two attached hydrogens (primary N) is 1. The highest BCUT2D eigenvalue weighted by molar-refractivity contribution is 5.76. The molecule has 2 aliphatic rings. The molecule has 4 heterocycles. The summed E-state index contributed by atoms with van der Waals surface area (Å²) in [7, 11) is 0. The van der Waals surface area contributed by atoms with E-state index in [1.807, 2.05) is 4.90 Å². The number of carbonyl (C=O) groups is 1. The fourth-order valence-electron chi connectivity index (χ4n) is 5.83. The van der Waals surface area contributed by atoms with Crippen molar-refractivity contribution in [1.29, 1.82) is 0 Å². The monoisotopic (exact) mass is 599 g/mol. The molecule has 10 nitrogen and oxygen atoms in total. The van der Waals surface area contributed by atoms with Crippen LogP contribution in [0.15, 0.2) is 42.6 Å². The van der Waals surface area contributed by atoms with Crippen LogP contribution in [-0.4, -0.2) is 64.2 Å². The number of aromatic nitrogens is 4. The third kappa shape index (κ3) is 6.76. The van der Waals surface area contributed by atoms with Crippen molar-refractivity contribution in [1.82, 2.24) is 25.1 Å². The maximum atomic E-state index is 14.7. The van der Waals surface area contributed by atoms with Crippen LogP contribution < -0.4 is 20.7 Å². The molecule has 13 heteroatoms. The molecule has 0 aliphatic carbocycles. The summed E-state index contributed by atoms with van der Waals surface area (Å²) < 4.78 is 56.2. The fourth-order valence-corrected chi connectivity index (χ4v) is 5.83. The van der Waals surface area contributed by atoms with Crippen molar-refractivity contribution in [2.45, 2.75) is 58.4 Å². The standard InChI is InChI=1S/C30H36F3N7O3/c1-4-6-20-7-8-23(40-12-9-19(3)38-40)21(15-20)26(30(31,32)33)43-25-16-24(36-28(34)37-25)39-13-10-29(11-14-39)17-22(35-18-29)27(41)42-5-2/h4,6-9,12,15-16,22,26,35H,5,10-11,13-14,17-18H2,1-3H3,(H2,34,36,37)/b6-4+/t22-,26+/m0/s1. The van der Waals surface area contributed by atoms with Crippen LogP contribution in [0.25, 0.3) is 11.8 Å². The molecule has 3 N–H and O–H groups in total. The molecule has 2 aliphatic heterocycles. The first-order chi connectivity index (χ1) is 20.5. The van der Waals surface area contributed by atoms with Gasteiger partial charge in [-0.25, -0.2) is 4.68 Å². The maximum absolute atomic E-state index is 14.7. The van der Waals surface area contributed by atoms with E-state index in [9.17, 15) is 18.0 Å². The van der Waals surface area contributed by atoms with Crippen LogP contribution in [0.2, 0.25) is 0 Å². The number of allylic oxidation sites excluding steroid dienone is 1. The van der Waals surface area contributed by atoms with Gasteiger partial charge in [0.15, 0.2) is 0 Å². The number of carbonyl (C=O) groups excluding carboxylic acids is 1. The summed E-state index contributed by atoms with van der Waals surface area (Å²) in [4.78, 5) is 22.5. The maximum Gasteiger partial charge on any atom is 0.429 e. The Morgan fingerprint density at radius 2 is 2.00 bits per heavy atom. The molecule has 1 spiro atoms. The fraction of sp³-hybridized carbons (Fsp3) is 0.467. The lowest BCUT2D eigenvalue weighted by molar-refractivity contribution is -0.198. The van der Waals surface area contributed by atoms with Crippen molar-refractivity contribution >= 4 is 23.8 Å². The average molecular weight is 600 g/mol. The number of hydrogen-bond donors (Lipinski definition) is 2. The number of halogens is 3. The van der Waals surface area contributed by atoms with Gasteiger partial charge in [-0.05, 0) is 69.2 Å². The molecule has 2 aromatic heterocycles. The summed E-state index contributed by atoms with van der Waals surface area (Å²) in [5.41, 5.74) is 7.28. The third-order valence-corrected chi connectivity index (χ3v) is 7.98. The molecule has 2 saturated heterocycles. The van der Waals surface area contributed by atoms with Crippen molar-refractivity contribution in [3.63, 3.8) is 0 Å². The molecule has 0 saturated carbocycles. The molecular weight excluding hydrogens is 563 g/mol. The average Bonchev–Trinajstić information content (AvgIpc) is 3.58. The predicted molar refractivity (Wildman–Crippen MR) is 156 cm³/mol. The number of aryl methyl sites for hydroxylation is 1. The number of anilines is 2. The van der Waals surface area contributed by atoms with E-state index in [0.717, 1.165) is 12.8 Å². The lowest BCUT2D eigenvalue weighted by Gasteiger charge is -2.39. The zero-order valence-electron chi connectivity index (χ0n) is 24.4. The van der Waals surface area contributed by atoms with Gasteiger partial charge in [-0.1, -0.05) is 18.2 Å². The second kappa shape index (κ2) is 12.2. The molecule has 1 aromatic carbocycles. The Balaban J connectivity index is 1.39. The van der Waals surface area contributed by atoms with E-state index in [1.54, 1.807) is 57.3 Å². The van der Waals surface area contributed by atoms with Gasteiger partial charge in [-0.15, -0.1) is 0 Å². The molecule has 0 radical (unpaired) electrons. The summed E-state index contributed by atoms with van der Waals surface area (Å²) >= 11 is 0. The molecule has 2 fully saturated rings. The SMILES string of the molecule is C/C=C/c1ccc(-n2ccc(C)n2)c([C@@H](Oc2cc(N3CCC4(CC3)CN[C@H](C(=O)OCC)C4)nc(N)n2)C(F)(F)F)c1. The van der Waals surface area contributed by atoms with Gasteiger partial charge in [0.1, 0.15) is 11.9 Å². The molecule has 2 atom stereocenters. The second-order valence-corrected chi connectivity index (χ2v) is 11.1. The Kier molecular flexibility index (Phi) is 8.63. The van der Waals surface area contributed by atoms with Crippen molar-refractivity contribution in [3.8, 4) is 11.6 Å². The molecular formula is C30H36F3N7O3. The van der Waals surface area contributed by atoms with Gasteiger partial charge in [0.05, 0.1) is 18.0 Å². The number of piperidine rings is 1. The summed E-state index contributed by atoms with van der Waals surface area (Å²) in [6.07, 6.45) is 0.152. The van der Waals surface area contributed by atoms with E-state index < -0.39 is 12.3 Å². The third-order valence-electron chi connectivity index (χ3n) is 7.98. The Morgan fingerprint density at radius 1 is 1.23 bits per heavy atom. The van der Waals surface area contributed by atoms with Gasteiger partial charge in [0.25, 0.3) is 0 Å². The minimum absolute atomic E-state index is 0.0631. The summed E-state index contributed by atoms with van der Waals surface area (Å²) in [5, 5.41) is 7.60. The number of ether oxygens (including phenoxy) is 2. The van der Waals surface area contributed by atoms with Crippen LogP contribution in [0, 0.1) is 12.3 Å². The zero-order valence-corrected chi connectivity index (χ0v) is 24.4. The van der Waals surface area contributed by atoms with E-state index in [1.165, 1.54) is 16.8 Å². The van der Waals surface area contributed by atoms with Crippen molar-refractivity contribution in [2.75, 3.05) is 36.9 Å². The minimum atomic E-state index is -4.78. The number of hydrogen-bond acceptors (Lipinski definition) is 9. The molecule has 0 amide bonds. The molecule has 43 heavy (non-hydrogen) atoms. The van der Waals surface area contributed by atoms with Crippen LogP contribution in [-0.2, 0) is 9.53 Å². The normalized spacial score (nSPS) is 19.2. The van der Waals surface area contributed by atoms with Crippen LogP contribution in [0.4, 0.5) is 24.9 Å². The predicted octanol–water partition coefficient (Wildman–Crippen LogP) is 4.78. The van der Waals surface area contributed by atoms with Gasteiger partial charge < -0.3 is 25.4 Å². The quantitative estimate of drug-likeness (QED) is 0.353. The number of rotatable bonds is 8. The van der Waals surface area contributed by atoms with Crippen LogP contribution >= 0.6 is 0 Å². The molecule has 3 aromatic rings. The minimum Gasteiger partial charge on any atom is -0.465 e. The topological polar surface area (TPSA) is 120 Å². The molecule has 230 valence electrons. The molecule has 5 rings (SSSR count). The molecule has 0 bridgehead atoms. The van der Waals surface area contributed by atoms with Gasteiger partial charge in [0.2, 0.25) is 17.9 Å². The lowest BCUT2D eigenvalue weighted by atomic mass is 9.76. The Hall–Kier alpha value is -4.13. The van der Waals surface area contributed by atoms with Gasteiger partial charge in [-0.3, -0.25) is 4.79 Å². The summed E-state index contributed by atoms with van der Waals surface area (Å²) in [6.45, 7) is 7.53. The Morgan fingerprint density at radius 3 is 2.65 bits per heavy atom. The highest BCUT2D eigenvalue weighted by Gasteiger charge is 2.46. The number of nitrogens with one attached hydrogen (secondary N) is 1. The number of alkyl halides is 3. The highest BCUT2D eigenvalue weighted by Crippen LogP contribution is 2.42. The number of benzene rings is 1. The number of esters is 1.